The summed E-state index contributed by atoms with van der Waals surface area (Å²) in [5.74, 6) is 2.45. The summed E-state index contributed by atoms with van der Waals surface area (Å²) >= 11 is 6.29. The van der Waals surface area contributed by atoms with Crippen molar-refractivity contribution in [3.05, 3.63) is 34.6 Å². The van der Waals surface area contributed by atoms with Gasteiger partial charge in [-0.2, -0.15) is 0 Å². The first-order chi connectivity index (χ1) is 10.2. The third-order valence-corrected chi connectivity index (χ3v) is 5.73. The Bertz CT molecular complexity index is 490. The van der Waals surface area contributed by atoms with Crippen molar-refractivity contribution >= 4 is 11.6 Å². The summed E-state index contributed by atoms with van der Waals surface area (Å²) in [5, 5.41) is 4.19. The zero-order valence-corrected chi connectivity index (χ0v) is 13.5. The summed E-state index contributed by atoms with van der Waals surface area (Å²) in [6.07, 6.45) is 7.91. The fraction of sp³-hybridized carbons (Fsp3) is 0.667. The quantitative estimate of drug-likeness (QED) is 0.747. The van der Waals surface area contributed by atoms with Gasteiger partial charge >= 0.3 is 0 Å². The normalized spacial score (nSPS) is 29.0. The van der Waals surface area contributed by atoms with E-state index < -0.39 is 0 Å². The van der Waals surface area contributed by atoms with Crippen molar-refractivity contribution in [1.82, 2.24) is 5.32 Å². The number of benzene rings is 1. The molecule has 0 radical (unpaired) electrons. The summed E-state index contributed by atoms with van der Waals surface area (Å²) < 4.78 is 13.3. The molecule has 1 aromatic rings. The molecule has 2 saturated carbocycles. The number of hydrogen-bond acceptors (Lipinski definition) is 1. The Balaban J connectivity index is 1.74. The molecule has 1 N–H and O–H groups in total. The van der Waals surface area contributed by atoms with Gasteiger partial charge in [-0.15, -0.1) is 0 Å². The second-order valence-corrected chi connectivity index (χ2v) is 7.25. The van der Waals surface area contributed by atoms with Crippen molar-refractivity contribution in [3.8, 4) is 0 Å². The average molecular weight is 310 g/mol. The van der Waals surface area contributed by atoms with Crippen LogP contribution < -0.4 is 5.32 Å². The summed E-state index contributed by atoms with van der Waals surface area (Å²) in [6.45, 7) is 3.16. The number of fused-ring (bicyclic) bond motifs is 2. The Morgan fingerprint density at radius 3 is 2.81 bits per heavy atom. The van der Waals surface area contributed by atoms with Gasteiger partial charge in [0.25, 0.3) is 0 Å². The highest BCUT2D eigenvalue weighted by molar-refractivity contribution is 6.31. The molecule has 0 aromatic heterocycles. The molecule has 0 aliphatic heterocycles. The van der Waals surface area contributed by atoms with Crippen LogP contribution in [0.2, 0.25) is 5.02 Å². The van der Waals surface area contributed by atoms with Crippen LogP contribution >= 0.6 is 11.6 Å². The van der Waals surface area contributed by atoms with Crippen molar-refractivity contribution in [2.45, 2.75) is 51.5 Å². The number of hydrogen-bond donors (Lipinski definition) is 1. The molecule has 21 heavy (non-hydrogen) atoms. The van der Waals surface area contributed by atoms with Gasteiger partial charge < -0.3 is 5.32 Å². The Hall–Kier alpha value is -0.600. The van der Waals surface area contributed by atoms with E-state index in [0.29, 0.717) is 5.02 Å². The SMILES string of the molecule is CCCNC(CC1CC2CCC1C2)c1ccc(F)cc1Cl. The lowest BCUT2D eigenvalue weighted by molar-refractivity contribution is 0.279. The van der Waals surface area contributed by atoms with Gasteiger partial charge in [-0.25, -0.2) is 4.39 Å². The van der Waals surface area contributed by atoms with Gasteiger partial charge in [-0.1, -0.05) is 31.0 Å². The van der Waals surface area contributed by atoms with Crippen molar-refractivity contribution < 1.29 is 4.39 Å². The molecule has 0 spiro atoms. The summed E-state index contributed by atoms with van der Waals surface area (Å²) in [4.78, 5) is 0. The third-order valence-electron chi connectivity index (χ3n) is 5.40. The van der Waals surface area contributed by atoms with Gasteiger partial charge in [0, 0.05) is 11.1 Å². The first-order valence-corrected chi connectivity index (χ1v) is 8.73. The minimum atomic E-state index is -0.252. The summed E-state index contributed by atoms with van der Waals surface area (Å²) in [5.41, 5.74) is 1.06. The first-order valence-electron chi connectivity index (χ1n) is 8.35. The summed E-state index contributed by atoms with van der Waals surface area (Å²) in [6, 6.07) is 5.10. The van der Waals surface area contributed by atoms with Crippen LogP contribution in [0.5, 0.6) is 0 Å². The molecule has 0 amide bonds. The van der Waals surface area contributed by atoms with Crippen LogP contribution in [0.1, 0.15) is 57.1 Å². The Morgan fingerprint density at radius 1 is 1.33 bits per heavy atom. The van der Waals surface area contributed by atoms with E-state index in [-0.39, 0.29) is 11.9 Å². The van der Waals surface area contributed by atoms with Gasteiger partial charge in [0.1, 0.15) is 5.82 Å². The first kappa shape index (κ1) is 15.3. The van der Waals surface area contributed by atoms with Gasteiger partial charge in [0.05, 0.1) is 0 Å². The Kier molecular flexibility index (Phi) is 4.85. The monoisotopic (exact) mass is 309 g/mol. The average Bonchev–Trinajstić information content (AvgIpc) is 3.06. The minimum absolute atomic E-state index is 0.252. The van der Waals surface area contributed by atoms with E-state index in [2.05, 4.69) is 12.2 Å². The smallest absolute Gasteiger partial charge is 0.124 e. The van der Waals surface area contributed by atoms with Gasteiger partial charge in [-0.3, -0.25) is 0 Å². The Labute approximate surface area is 132 Å². The molecule has 1 aromatic carbocycles. The molecule has 2 fully saturated rings. The summed E-state index contributed by atoms with van der Waals surface area (Å²) in [7, 11) is 0. The molecule has 2 bridgehead atoms. The molecule has 4 atom stereocenters. The maximum atomic E-state index is 13.3. The lowest BCUT2D eigenvalue weighted by atomic mass is 9.82. The zero-order chi connectivity index (χ0) is 14.8. The maximum absolute atomic E-state index is 13.3. The highest BCUT2D eigenvalue weighted by Gasteiger charge is 2.40. The van der Waals surface area contributed by atoms with Gasteiger partial charge in [0.2, 0.25) is 0 Å². The van der Waals surface area contributed by atoms with E-state index in [1.54, 1.807) is 0 Å². The molecule has 4 unspecified atom stereocenters. The van der Waals surface area contributed by atoms with Crippen molar-refractivity contribution in [2.24, 2.45) is 17.8 Å². The molecule has 3 heteroatoms. The fourth-order valence-corrected chi connectivity index (χ4v) is 4.69. The molecule has 0 heterocycles. The van der Waals surface area contributed by atoms with Crippen LogP contribution in [0.4, 0.5) is 4.39 Å². The van der Waals surface area contributed by atoms with Crippen LogP contribution in [0.15, 0.2) is 18.2 Å². The fourth-order valence-electron chi connectivity index (χ4n) is 4.39. The highest BCUT2D eigenvalue weighted by atomic mass is 35.5. The third kappa shape index (κ3) is 3.43. The molecule has 3 rings (SSSR count). The molecular formula is C18H25ClFN. The van der Waals surface area contributed by atoms with E-state index in [1.165, 1.54) is 37.8 Å². The highest BCUT2D eigenvalue weighted by Crippen LogP contribution is 2.51. The second kappa shape index (κ2) is 6.66. The predicted molar refractivity (Wildman–Crippen MR) is 86.0 cm³/mol. The number of nitrogens with one attached hydrogen (secondary N) is 1. The van der Waals surface area contributed by atoms with E-state index in [0.717, 1.165) is 42.7 Å². The second-order valence-electron chi connectivity index (χ2n) is 6.84. The van der Waals surface area contributed by atoms with Crippen LogP contribution in [0.3, 0.4) is 0 Å². The zero-order valence-electron chi connectivity index (χ0n) is 12.7. The van der Waals surface area contributed by atoms with Crippen LogP contribution in [0, 0.1) is 23.6 Å². The number of halogens is 2. The maximum Gasteiger partial charge on any atom is 0.124 e. The molecule has 1 nitrogen and oxygen atoms in total. The topological polar surface area (TPSA) is 12.0 Å². The number of rotatable bonds is 6. The van der Waals surface area contributed by atoms with E-state index in [1.807, 2.05) is 6.07 Å². The van der Waals surface area contributed by atoms with E-state index in [9.17, 15) is 4.39 Å². The van der Waals surface area contributed by atoms with Crippen LogP contribution in [0.25, 0.3) is 0 Å². The minimum Gasteiger partial charge on any atom is -0.310 e. The predicted octanol–water partition coefficient (Wildman–Crippen LogP) is 5.35. The van der Waals surface area contributed by atoms with Gasteiger partial charge in [-0.05, 0) is 74.1 Å². The standard InChI is InChI=1S/C18H25ClFN/c1-2-7-21-18(16-6-5-15(20)11-17(16)19)10-14-9-12-3-4-13(14)8-12/h5-6,11-14,18,21H,2-4,7-10H2,1H3. The molecule has 2 aliphatic carbocycles. The van der Waals surface area contributed by atoms with Crippen molar-refractivity contribution in [2.75, 3.05) is 6.54 Å². The van der Waals surface area contributed by atoms with Crippen LogP contribution in [-0.2, 0) is 0 Å². The molecule has 0 saturated heterocycles. The molecule has 2 aliphatic rings. The van der Waals surface area contributed by atoms with E-state index in [4.69, 9.17) is 11.6 Å². The lowest BCUT2D eigenvalue weighted by Crippen LogP contribution is -2.26. The van der Waals surface area contributed by atoms with Crippen molar-refractivity contribution in [1.29, 1.82) is 0 Å². The van der Waals surface area contributed by atoms with E-state index >= 15 is 0 Å². The Morgan fingerprint density at radius 2 is 2.19 bits per heavy atom. The van der Waals surface area contributed by atoms with Gasteiger partial charge in [0.15, 0.2) is 0 Å². The molecular weight excluding hydrogens is 285 g/mol. The lowest BCUT2D eigenvalue weighted by Gasteiger charge is -2.28. The largest absolute Gasteiger partial charge is 0.310 e. The van der Waals surface area contributed by atoms with Crippen LogP contribution in [-0.4, -0.2) is 6.54 Å². The van der Waals surface area contributed by atoms with Crippen molar-refractivity contribution in [3.63, 3.8) is 0 Å². The molecule has 116 valence electrons.